The van der Waals surface area contributed by atoms with Crippen LogP contribution >= 0.6 is 0 Å². The average Bonchev–Trinajstić information content (AvgIpc) is 3.15. The van der Waals surface area contributed by atoms with Crippen molar-refractivity contribution in [3.8, 4) is 5.69 Å². The Morgan fingerprint density at radius 1 is 1.30 bits per heavy atom. The third-order valence-electron chi connectivity index (χ3n) is 4.61. The van der Waals surface area contributed by atoms with E-state index >= 15 is 0 Å². The molecule has 1 heterocycles. The summed E-state index contributed by atoms with van der Waals surface area (Å²) in [4.78, 5) is 18.5. The van der Waals surface area contributed by atoms with E-state index in [0.717, 1.165) is 30.5 Å². The van der Waals surface area contributed by atoms with Gasteiger partial charge in [-0.05, 0) is 43.9 Å². The van der Waals surface area contributed by atoms with Gasteiger partial charge in [0.05, 0.1) is 11.7 Å². The lowest BCUT2D eigenvalue weighted by atomic mass is 9.92. The summed E-state index contributed by atoms with van der Waals surface area (Å²) >= 11 is 0. The molecule has 0 saturated carbocycles. The van der Waals surface area contributed by atoms with E-state index in [4.69, 9.17) is 0 Å². The first-order chi connectivity index (χ1) is 11.2. The van der Waals surface area contributed by atoms with Crippen molar-refractivity contribution < 1.29 is 4.79 Å². The largest absolute Gasteiger partial charge is 0.339 e. The highest BCUT2D eigenvalue weighted by Gasteiger charge is 2.25. The molecule has 5 heteroatoms. The summed E-state index contributed by atoms with van der Waals surface area (Å²) in [5, 5.41) is 4.12. The first kappa shape index (κ1) is 15.5. The second-order valence-corrected chi connectivity index (χ2v) is 6.04. The number of hydrogen-bond donors (Lipinski definition) is 0. The lowest BCUT2D eigenvalue weighted by molar-refractivity contribution is -0.136. The highest BCUT2D eigenvalue weighted by Crippen LogP contribution is 2.26. The molecule has 0 radical (unpaired) electrons. The standard InChI is InChI=1S/C18H22N4O/c1-14(21(2)18(23)16-6-4-3-5-7-16)15-8-10-17(11-9-15)22-13-19-12-20-22/h3-4,8-14,16H,5-7H2,1-2H3/t14-,16-/m0/s1. The van der Waals surface area contributed by atoms with Gasteiger partial charge in [0, 0.05) is 13.0 Å². The van der Waals surface area contributed by atoms with Crippen LogP contribution in [0.3, 0.4) is 0 Å². The van der Waals surface area contributed by atoms with Gasteiger partial charge in [-0.3, -0.25) is 4.79 Å². The second kappa shape index (κ2) is 6.77. The predicted molar refractivity (Wildman–Crippen MR) is 89.0 cm³/mol. The number of amides is 1. The van der Waals surface area contributed by atoms with Crippen LogP contribution in [-0.4, -0.2) is 32.6 Å². The summed E-state index contributed by atoms with van der Waals surface area (Å²) in [5.41, 5.74) is 2.08. The summed E-state index contributed by atoms with van der Waals surface area (Å²) in [6.45, 7) is 2.07. The molecule has 5 nitrogen and oxygen atoms in total. The van der Waals surface area contributed by atoms with Gasteiger partial charge in [-0.25, -0.2) is 9.67 Å². The lowest BCUT2D eigenvalue weighted by Gasteiger charge is -2.30. The minimum atomic E-state index is 0.0539. The molecule has 0 saturated heterocycles. The first-order valence-corrected chi connectivity index (χ1v) is 8.03. The van der Waals surface area contributed by atoms with Crippen molar-refractivity contribution in [3.05, 3.63) is 54.6 Å². The SMILES string of the molecule is C[C@@H](c1ccc(-n2cncn2)cc1)N(C)C(=O)[C@H]1CC=CCC1. The zero-order chi connectivity index (χ0) is 16.2. The van der Waals surface area contributed by atoms with Crippen molar-refractivity contribution in [1.29, 1.82) is 0 Å². The molecule has 120 valence electrons. The van der Waals surface area contributed by atoms with Crippen LogP contribution in [0.25, 0.3) is 5.69 Å². The Hall–Kier alpha value is -2.43. The summed E-state index contributed by atoms with van der Waals surface area (Å²) < 4.78 is 1.72. The Balaban J connectivity index is 1.70. The van der Waals surface area contributed by atoms with Crippen molar-refractivity contribution in [2.75, 3.05) is 7.05 Å². The molecule has 0 bridgehead atoms. The van der Waals surface area contributed by atoms with Gasteiger partial charge >= 0.3 is 0 Å². The maximum absolute atomic E-state index is 12.6. The molecule has 2 atom stereocenters. The zero-order valence-corrected chi connectivity index (χ0v) is 13.6. The van der Waals surface area contributed by atoms with E-state index in [-0.39, 0.29) is 17.9 Å². The molecule has 0 unspecified atom stereocenters. The molecule has 3 rings (SSSR count). The van der Waals surface area contributed by atoms with Gasteiger partial charge in [0.15, 0.2) is 0 Å². The Morgan fingerprint density at radius 3 is 2.70 bits per heavy atom. The third kappa shape index (κ3) is 3.33. The Bertz CT molecular complexity index is 676. The highest BCUT2D eigenvalue weighted by molar-refractivity contribution is 5.79. The number of nitrogens with zero attached hydrogens (tertiary/aromatic N) is 4. The molecular formula is C18H22N4O. The molecule has 1 aliphatic rings. The molecule has 2 aromatic rings. The predicted octanol–water partition coefficient (Wildman–Crippen LogP) is 3.14. The maximum Gasteiger partial charge on any atom is 0.226 e. The van der Waals surface area contributed by atoms with Crippen LogP contribution in [0.2, 0.25) is 0 Å². The van der Waals surface area contributed by atoms with Crippen LogP contribution in [0.15, 0.2) is 49.1 Å². The number of carbonyl (C=O) groups excluding carboxylic acids is 1. The summed E-state index contributed by atoms with van der Waals surface area (Å²) in [5.74, 6) is 0.365. The van der Waals surface area contributed by atoms with Gasteiger partial charge in [0.25, 0.3) is 0 Å². The molecule has 1 aliphatic carbocycles. The van der Waals surface area contributed by atoms with E-state index in [1.807, 2.05) is 36.2 Å². The zero-order valence-electron chi connectivity index (χ0n) is 13.6. The highest BCUT2D eigenvalue weighted by atomic mass is 16.2. The number of aromatic nitrogens is 3. The number of carbonyl (C=O) groups is 1. The van der Waals surface area contributed by atoms with E-state index < -0.39 is 0 Å². The molecule has 1 aromatic carbocycles. The molecule has 1 amide bonds. The van der Waals surface area contributed by atoms with E-state index in [2.05, 4.69) is 29.2 Å². The van der Waals surface area contributed by atoms with Gasteiger partial charge < -0.3 is 4.90 Å². The third-order valence-corrected chi connectivity index (χ3v) is 4.61. The normalized spacial score (nSPS) is 18.6. The van der Waals surface area contributed by atoms with Crippen LogP contribution in [0.1, 0.15) is 37.8 Å². The average molecular weight is 310 g/mol. The Labute approximate surface area is 136 Å². The van der Waals surface area contributed by atoms with E-state index in [9.17, 15) is 4.79 Å². The summed E-state index contributed by atoms with van der Waals surface area (Å²) in [6.07, 6.45) is 10.3. The second-order valence-electron chi connectivity index (χ2n) is 6.04. The molecule has 0 N–H and O–H groups in total. The van der Waals surface area contributed by atoms with Crippen LogP contribution in [0.5, 0.6) is 0 Å². The first-order valence-electron chi connectivity index (χ1n) is 8.03. The molecular weight excluding hydrogens is 288 g/mol. The molecule has 0 spiro atoms. The van der Waals surface area contributed by atoms with Gasteiger partial charge in [-0.2, -0.15) is 5.10 Å². The number of benzene rings is 1. The summed E-state index contributed by atoms with van der Waals surface area (Å²) in [7, 11) is 1.90. The quantitative estimate of drug-likeness (QED) is 0.815. The number of hydrogen-bond acceptors (Lipinski definition) is 3. The Kier molecular flexibility index (Phi) is 4.55. The fourth-order valence-corrected chi connectivity index (χ4v) is 2.97. The van der Waals surface area contributed by atoms with Crippen molar-refractivity contribution in [2.45, 2.75) is 32.2 Å². The van der Waals surface area contributed by atoms with Crippen LogP contribution in [0, 0.1) is 5.92 Å². The molecule has 0 fully saturated rings. The maximum atomic E-state index is 12.6. The fraction of sp³-hybridized carbons (Fsp3) is 0.389. The molecule has 23 heavy (non-hydrogen) atoms. The van der Waals surface area contributed by atoms with Crippen LogP contribution in [-0.2, 0) is 4.79 Å². The van der Waals surface area contributed by atoms with Gasteiger partial charge in [-0.15, -0.1) is 0 Å². The molecule has 0 aliphatic heterocycles. The van der Waals surface area contributed by atoms with Crippen LogP contribution in [0.4, 0.5) is 0 Å². The van der Waals surface area contributed by atoms with E-state index in [1.54, 1.807) is 11.0 Å². The van der Waals surface area contributed by atoms with Gasteiger partial charge in [-0.1, -0.05) is 24.3 Å². The summed E-state index contributed by atoms with van der Waals surface area (Å²) in [6, 6.07) is 8.15. The minimum absolute atomic E-state index is 0.0539. The van der Waals surface area contributed by atoms with Gasteiger partial charge in [0.2, 0.25) is 5.91 Å². The van der Waals surface area contributed by atoms with E-state index in [1.165, 1.54) is 6.33 Å². The topological polar surface area (TPSA) is 51.0 Å². The van der Waals surface area contributed by atoms with Crippen molar-refractivity contribution >= 4 is 5.91 Å². The van der Waals surface area contributed by atoms with Crippen molar-refractivity contribution in [3.63, 3.8) is 0 Å². The Morgan fingerprint density at radius 2 is 2.09 bits per heavy atom. The van der Waals surface area contributed by atoms with E-state index in [0.29, 0.717) is 0 Å². The number of rotatable bonds is 4. The van der Waals surface area contributed by atoms with Crippen molar-refractivity contribution in [2.24, 2.45) is 5.92 Å². The molecule has 1 aromatic heterocycles. The lowest BCUT2D eigenvalue weighted by Crippen LogP contribution is -2.35. The number of allylic oxidation sites excluding steroid dienone is 2. The fourth-order valence-electron chi connectivity index (χ4n) is 2.97. The minimum Gasteiger partial charge on any atom is -0.339 e. The smallest absolute Gasteiger partial charge is 0.226 e. The van der Waals surface area contributed by atoms with Crippen LogP contribution < -0.4 is 0 Å². The van der Waals surface area contributed by atoms with Gasteiger partial charge in [0.1, 0.15) is 12.7 Å². The monoisotopic (exact) mass is 310 g/mol. The van der Waals surface area contributed by atoms with Crippen molar-refractivity contribution in [1.82, 2.24) is 19.7 Å².